The smallest absolute Gasteiger partial charge is 0.169 e. The van der Waals surface area contributed by atoms with E-state index in [0.29, 0.717) is 6.04 Å². The van der Waals surface area contributed by atoms with Crippen molar-refractivity contribution in [3.05, 3.63) is 23.8 Å². The third-order valence-corrected chi connectivity index (χ3v) is 7.04. The Balaban J connectivity index is 1.76. The van der Waals surface area contributed by atoms with Crippen LogP contribution in [0.4, 0.5) is 0 Å². The molecule has 0 aliphatic heterocycles. The van der Waals surface area contributed by atoms with Gasteiger partial charge in [0.25, 0.3) is 0 Å². The molecular weight excluding hydrogens is 416 g/mol. The first-order chi connectivity index (χ1) is 15.7. The maximum Gasteiger partial charge on any atom is 0.169 e. The van der Waals surface area contributed by atoms with E-state index in [4.69, 9.17) is 21.7 Å². The minimum atomic E-state index is 0.513. The van der Waals surface area contributed by atoms with Crippen LogP contribution in [0.1, 0.15) is 102 Å². The molecule has 1 N–H and O–H groups in total. The van der Waals surface area contributed by atoms with Gasteiger partial charge < -0.3 is 19.7 Å². The number of benzene rings is 1. The summed E-state index contributed by atoms with van der Waals surface area (Å²) in [5, 5.41) is 4.44. The van der Waals surface area contributed by atoms with Gasteiger partial charge in [0, 0.05) is 24.7 Å². The van der Waals surface area contributed by atoms with Gasteiger partial charge >= 0.3 is 0 Å². The summed E-state index contributed by atoms with van der Waals surface area (Å²) in [7, 11) is 3.40. The number of para-hydroxylation sites is 1. The Kier molecular flexibility index (Phi) is 13.5. The summed E-state index contributed by atoms with van der Waals surface area (Å²) in [6, 6.07) is 6.61. The Labute approximate surface area is 202 Å². The lowest BCUT2D eigenvalue weighted by molar-refractivity contribution is 0.293. The molecule has 1 aromatic rings. The molecule has 4 nitrogen and oxygen atoms in total. The maximum absolute atomic E-state index is 5.86. The molecule has 1 saturated carbocycles. The van der Waals surface area contributed by atoms with Crippen molar-refractivity contribution in [3.63, 3.8) is 0 Å². The van der Waals surface area contributed by atoms with Crippen LogP contribution in [0, 0.1) is 0 Å². The average Bonchev–Trinajstić information content (AvgIpc) is 3.35. The van der Waals surface area contributed by atoms with Crippen molar-refractivity contribution in [3.8, 4) is 11.5 Å². The SMILES string of the molecule is CCCCCCCCCCCCNC(=S)N(Cc1cccc(OC)c1OC)C1CCCC1. The first-order valence-corrected chi connectivity index (χ1v) is 13.4. The number of thiocarbonyl (C=S) groups is 1. The minimum absolute atomic E-state index is 0.513. The molecule has 0 bridgehead atoms. The van der Waals surface area contributed by atoms with Gasteiger partial charge in [-0.05, 0) is 37.5 Å². The highest BCUT2D eigenvalue weighted by atomic mass is 32.1. The van der Waals surface area contributed by atoms with E-state index in [9.17, 15) is 0 Å². The summed E-state index contributed by atoms with van der Waals surface area (Å²) in [6.07, 6.45) is 18.6. The Morgan fingerprint density at radius 1 is 0.938 bits per heavy atom. The van der Waals surface area contributed by atoms with Crippen molar-refractivity contribution in [2.75, 3.05) is 20.8 Å². The first kappa shape index (κ1) is 26.8. The number of methoxy groups -OCH3 is 2. The number of nitrogens with zero attached hydrogens (tertiary/aromatic N) is 1. The standard InChI is InChI=1S/C27H46N2O2S/c1-4-5-6-7-8-9-10-11-12-15-21-28-27(32)29(24-18-13-14-19-24)22-23-17-16-20-25(30-2)26(23)31-3/h16-17,20,24H,4-15,18-19,21-22H2,1-3H3,(H,28,32). The van der Waals surface area contributed by atoms with Crippen LogP contribution < -0.4 is 14.8 Å². The molecule has 1 aliphatic rings. The van der Waals surface area contributed by atoms with E-state index in [1.807, 2.05) is 12.1 Å². The summed E-state index contributed by atoms with van der Waals surface area (Å²) in [6.45, 7) is 4.01. The summed E-state index contributed by atoms with van der Waals surface area (Å²) in [5.41, 5.74) is 1.13. The van der Waals surface area contributed by atoms with Crippen LogP contribution in [0.3, 0.4) is 0 Å². The molecule has 0 atom stereocenters. The third kappa shape index (κ3) is 9.17. The molecule has 0 amide bonds. The van der Waals surface area contributed by atoms with Gasteiger partial charge in [-0.1, -0.05) is 89.7 Å². The van der Waals surface area contributed by atoms with Gasteiger partial charge in [-0.15, -0.1) is 0 Å². The molecule has 0 unspecified atom stereocenters. The summed E-state index contributed by atoms with van der Waals surface area (Å²) in [4.78, 5) is 2.38. The predicted molar refractivity (Wildman–Crippen MR) is 140 cm³/mol. The van der Waals surface area contributed by atoms with Crippen LogP contribution in [0.2, 0.25) is 0 Å². The highest BCUT2D eigenvalue weighted by Gasteiger charge is 2.26. The lowest BCUT2D eigenvalue weighted by Gasteiger charge is -2.32. The van der Waals surface area contributed by atoms with Crippen molar-refractivity contribution in [1.82, 2.24) is 10.2 Å². The maximum atomic E-state index is 5.86. The minimum Gasteiger partial charge on any atom is -0.493 e. The van der Waals surface area contributed by atoms with Crippen LogP contribution in [0.25, 0.3) is 0 Å². The molecule has 32 heavy (non-hydrogen) atoms. The fraction of sp³-hybridized carbons (Fsp3) is 0.741. The molecule has 2 rings (SSSR count). The van der Waals surface area contributed by atoms with E-state index in [0.717, 1.165) is 35.3 Å². The summed E-state index contributed by atoms with van der Waals surface area (Å²) < 4.78 is 11.2. The molecule has 5 heteroatoms. The highest BCUT2D eigenvalue weighted by molar-refractivity contribution is 7.80. The predicted octanol–water partition coefficient (Wildman–Crippen LogP) is 7.24. The van der Waals surface area contributed by atoms with E-state index in [1.165, 1.54) is 89.9 Å². The van der Waals surface area contributed by atoms with Crippen molar-refractivity contribution >= 4 is 17.3 Å². The van der Waals surface area contributed by atoms with Crippen LogP contribution in [-0.4, -0.2) is 36.8 Å². The van der Waals surface area contributed by atoms with Crippen molar-refractivity contribution < 1.29 is 9.47 Å². The van der Waals surface area contributed by atoms with Gasteiger partial charge in [-0.25, -0.2) is 0 Å². The topological polar surface area (TPSA) is 33.7 Å². The number of unbranched alkanes of at least 4 members (excludes halogenated alkanes) is 9. The van der Waals surface area contributed by atoms with Crippen LogP contribution in [-0.2, 0) is 6.54 Å². The molecule has 1 fully saturated rings. The zero-order chi connectivity index (χ0) is 23.0. The monoisotopic (exact) mass is 462 g/mol. The fourth-order valence-electron chi connectivity index (χ4n) is 4.75. The second kappa shape index (κ2) is 16.2. The van der Waals surface area contributed by atoms with Gasteiger partial charge in [0.1, 0.15) is 0 Å². The Morgan fingerprint density at radius 2 is 1.56 bits per heavy atom. The van der Waals surface area contributed by atoms with Gasteiger partial charge in [0.15, 0.2) is 16.6 Å². The van der Waals surface area contributed by atoms with Gasteiger partial charge in [-0.3, -0.25) is 0 Å². The van der Waals surface area contributed by atoms with Gasteiger partial charge in [0.2, 0.25) is 0 Å². The zero-order valence-electron chi connectivity index (χ0n) is 20.8. The van der Waals surface area contributed by atoms with Crippen LogP contribution in [0.5, 0.6) is 11.5 Å². The molecule has 0 spiro atoms. The van der Waals surface area contributed by atoms with Crippen molar-refractivity contribution in [1.29, 1.82) is 0 Å². The summed E-state index contributed by atoms with van der Waals surface area (Å²) in [5.74, 6) is 1.59. The lowest BCUT2D eigenvalue weighted by atomic mass is 10.1. The van der Waals surface area contributed by atoms with Crippen molar-refractivity contribution in [2.24, 2.45) is 0 Å². The Bertz CT molecular complexity index is 647. The van der Waals surface area contributed by atoms with Crippen molar-refractivity contribution in [2.45, 2.75) is 109 Å². The average molecular weight is 463 g/mol. The second-order valence-electron chi connectivity index (χ2n) is 9.13. The number of rotatable bonds is 16. The number of nitrogens with one attached hydrogen (secondary N) is 1. The molecule has 0 aromatic heterocycles. The lowest BCUT2D eigenvalue weighted by Crippen LogP contribution is -2.44. The first-order valence-electron chi connectivity index (χ1n) is 13.0. The van der Waals surface area contributed by atoms with E-state index in [1.54, 1.807) is 14.2 Å². The quantitative estimate of drug-likeness (QED) is 0.207. The fourth-order valence-corrected chi connectivity index (χ4v) is 5.07. The van der Waals surface area contributed by atoms with E-state index in [-0.39, 0.29) is 0 Å². The number of ether oxygens (including phenoxy) is 2. The Hall–Kier alpha value is -1.49. The highest BCUT2D eigenvalue weighted by Crippen LogP contribution is 2.33. The molecule has 1 aliphatic carbocycles. The molecular formula is C27H46N2O2S. The molecule has 1 aromatic carbocycles. The molecule has 0 saturated heterocycles. The van der Waals surface area contributed by atoms with Gasteiger partial charge in [-0.2, -0.15) is 0 Å². The molecule has 0 heterocycles. The zero-order valence-corrected chi connectivity index (χ0v) is 21.6. The number of hydrogen-bond donors (Lipinski definition) is 1. The third-order valence-electron chi connectivity index (χ3n) is 6.66. The Morgan fingerprint density at radius 3 is 2.16 bits per heavy atom. The molecule has 182 valence electrons. The van der Waals surface area contributed by atoms with E-state index in [2.05, 4.69) is 23.2 Å². The van der Waals surface area contributed by atoms with Crippen LogP contribution in [0.15, 0.2) is 18.2 Å². The largest absolute Gasteiger partial charge is 0.493 e. The molecule has 0 radical (unpaired) electrons. The summed E-state index contributed by atoms with van der Waals surface area (Å²) >= 11 is 5.86. The normalized spacial score (nSPS) is 13.8. The number of hydrogen-bond acceptors (Lipinski definition) is 3. The van der Waals surface area contributed by atoms with E-state index >= 15 is 0 Å². The van der Waals surface area contributed by atoms with Gasteiger partial charge in [0.05, 0.1) is 14.2 Å². The van der Waals surface area contributed by atoms with E-state index < -0.39 is 0 Å². The second-order valence-corrected chi connectivity index (χ2v) is 9.52. The van der Waals surface area contributed by atoms with Crippen LogP contribution >= 0.6 is 12.2 Å².